The van der Waals surface area contributed by atoms with E-state index >= 15 is 0 Å². The Labute approximate surface area is 133 Å². The minimum absolute atomic E-state index is 0.160. The zero-order valence-electron chi connectivity index (χ0n) is 12.4. The molecule has 0 aliphatic carbocycles. The van der Waals surface area contributed by atoms with Gasteiger partial charge in [0.25, 0.3) is 5.91 Å². The Morgan fingerprint density at radius 3 is 2.35 bits per heavy atom. The maximum atomic E-state index is 12.8. The summed E-state index contributed by atoms with van der Waals surface area (Å²) >= 11 is 0. The number of nitrogens with zero attached hydrogens (tertiary/aromatic N) is 1. The molecule has 1 heterocycles. The Hall–Kier alpha value is -3.01. The summed E-state index contributed by atoms with van der Waals surface area (Å²) in [4.78, 5) is 16.2. The number of hydrogen-bond acceptors (Lipinski definition) is 2. The van der Waals surface area contributed by atoms with Gasteiger partial charge in [0.2, 0.25) is 0 Å². The molecule has 0 saturated heterocycles. The molecule has 0 radical (unpaired) electrons. The van der Waals surface area contributed by atoms with Gasteiger partial charge in [0.05, 0.1) is 0 Å². The fourth-order valence-corrected chi connectivity index (χ4v) is 2.23. The highest BCUT2D eigenvalue weighted by atomic mass is 19.1. The maximum absolute atomic E-state index is 12.8. The Morgan fingerprint density at radius 1 is 0.957 bits per heavy atom. The highest BCUT2D eigenvalue weighted by molar-refractivity contribution is 5.94. The van der Waals surface area contributed by atoms with Crippen LogP contribution in [0.25, 0.3) is 11.1 Å². The second-order valence-electron chi connectivity index (χ2n) is 5.13. The van der Waals surface area contributed by atoms with Crippen molar-refractivity contribution >= 4 is 5.91 Å². The van der Waals surface area contributed by atoms with E-state index < -0.39 is 0 Å². The third-order valence-electron chi connectivity index (χ3n) is 3.51. The maximum Gasteiger partial charge on any atom is 0.251 e. The number of pyridine rings is 1. The second-order valence-corrected chi connectivity index (χ2v) is 5.13. The monoisotopic (exact) mass is 306 g/mol. The number of hydrogen-bond donors (Lipinski definition) is 1. The summed E-state index contributed by atoms with van der Waals surface area (Å²) in [6.07, 6.45) is 3.50. The van der Waals surface area contributed by atoms with Gasteiger partial charge in [-0.3, -0.25) is 9.78 Å². The van der Waals surface area contributed by atoms with Gasteiger partial charge in [-0.1, -0.05) is 30.3 Å². The molecule has 0 atom stereocenters. The molecular weight excluding hydrogens is 291 g/mol. The lowest BCUT2D eigenvalue weighted by atomic mass is 10.1. The number of benzene rings is 2. The lowest BCUT2D eigenvalue weighted by Gasteiger charge is -2.07. The highest BCUT2D eigenvalue weighted by Crippen LogP contribution is 2.18. The SMILES string of the molecule is O=C(NCc1ccc(F)cc1)c1ccc(-c2cccnc2)cc1. The van der Waals surface area contributed by atoms with Gasteiger partial charge in [0.15, 0.2) is 0 Å². The quantitative estimate of drug-likeness (QED) is 0.796. The van der Waals surface area contributed by atoms with E-state index in [0.717, 1.165) is 16.7 Å². The van der Waals surface area contributed by atoms with E-state index in [1.807, 2.05) is 24.3 Å². The zero-order chi connectivity index (χ0) is 16.1. The number of amides is 1. The van der Waals surface area contributed by atoms with Gasteiger partial charge in [-0.15, -0.1) is 0 Å². The van der Waals surface area contributed by atoms with E-state index in [0.29, 0.717) is 12.1 Å². The van der Waals surface area contributed by atoms with Gasteiger partial charge in [-0.25, -0.2) is 4.39 Å². The summed E-state index contributed by atoms with van der Waals surface area (Å²) in [7, 11) is 0. The van der Waals surface area contributed by atoms with Crippen molar-refractivity contribution in [2.75, 3.05) is 0 Å². The molecular formula is C19H15FN2O. The van der Waals surface area contributed by atoms with Crippen LogP contribution in [0.2, 0.25) is 0 Å². The van der Waals surface area contributed by atoms with Crippen LogP contribution < -0.4 is 5.32 Å². The molecule has 0 fully saturated rings. The molecule has 114 valence electrons. The van der Waals surface area contributed by atoms with Gasteiger partial charge < -0.3 is 5.32 Å². The Morgan fingerprint density at radius 2 is 1.70 bits per heavy atom. The van der Waals surface area contributed by atoms with E-state index in [9.17, 15) is 9.18 Å². The van der Waals surface area contributed by atoms with Crippen molar-refractivity contribution in [3.8, 4) is 11.1 Å². The smallest absolute Gasteiger partial charge is 0.251 e. The van der Waals surface area contributed by atoms with Gasteiger partial charge in [-0.05, 0) is 47.0 Å². The average Bonchev–Trinajstić information content (AvgIpc) is 2.62. The first-order valence-corrected chi connectivity index (χ1v) is 7.25. The molecule has 3 rings (SSSR count). The standard InChI is InChI=1S/C19H15FN2O/c20-18-9-3-14(4-10-18)12-22-19(23)16-7-5-15(6-8-16)17-2-1-11-21-13-17/h1-11,13H,12H2,(H,22,23). The lowest BCUT2D eigenvalue weighted by molar-refractivity contribution is 0.0951. The van der Waals surface area contributed by atoms with Crippen LogP contribution in [0.15, 0.2) is 73.1 Å². The van der Waals surface area contributed by atoms with E-state index in [1.165, 1.54) is 12.1 Å². The molecule has 3 nitrogen and oxygen atoms in total. The molecule has 0 aliphatic rings. The Balaban J connectivity index is 1.65. The molecule has 4 heteroatoms. The third kappa shape index (κ3) is 3.80. The van der Waals surface area contributed by atoms with E-state index in [2.05, 4.69) is 10.3 Å². The second kappa shape index (κ2) is 6.83. The third-order valence-corrected chi connectivity index (χ3v) is 3.51. The van der Waals surface area contributed by atoms with E-state index in [1.54, 1.807) is 36.7 Å². The van der Waals surface area contributed by atoms with Crippen LogP contribution in [-0.4, -0.2) is 10.9 Å². The highest BCUT2D eigenvalue weighted by Gasteiger charge is 2.06. The van der Waals surface area contributed by atoms with Crippen molar-refractivity contribution in [3.63, 3.8) is 0 Å². The Kier molecular flexibility index (Phi) is 4.43. The predicted molar refractivity (Wildman–Crippen MR) is 87.2 cm³/mol. The zero-order valence-corrected chi connectivity index (χ0v) is 12.4. The number of halogens is 1. The van der Waals surface area contributed by atoms with Crippen LogP contribution in [0.1, 0.15) is 15.9 Å². The summed E-state index contributed by atoms with van der Waals surface area (Å²) in [6, 6.07) is 17.3. The summed E-state index contributed by atoms with van der Waals surface area (Å²) in [5.41, 5.74) is 3.45. The van der Waals surface area contributed by atoms with Crippen molar-refractivity contribution in [3.05, 3.63) is 90.0 Å². The molecule has 23 heavy (non-hydrogen) atoms. The minimum Gasteiger partial charge on any atom is -0.348 e. The normalized spacial score (nSPS) is 10.3. The fraction of sp³-hybridized carbons (Fsp3) is 0.0526. The molecule has 1 amide bonds. The molecule has 1 aromatic heterocycles. The van der Waals surface area contributed by atoms with E-state index in [-0.39, 0.29) is 11.7 Å². The molecule has 2 aromatic carbocycles. The van der Waals surface area contributed by atoms with Crippen molar-refractivity contribution in [1.29, 1.82) is 0 Å². The van der Waals surface area contributed by atoms with Gasteiger partial charge in [0.1, 0.15) is 5.82 Å². The predicted octanol–water partition coefficient (Wildman–Crippen LogP) is 3.82. The van der Waals surface area contributed by atoms with Crippen LogP contribution in [0.4, 0.5) is 4.39 Å². The first-order chi connectivity index (χ1) is 11.2. The van der Waals surface area contributed by atoms with Crippen molar-refractivity contribution in [1.82, 2.24) is 10.3 Å². The number of aromatic nitrogens is 1. The van der Waals surface area contributed by atoms with Gasteiger partial charge >= 0.3 is 0 Å². The molecule has 0 spiro atoms. The number of carbonyl (C=O) groups is 1. The largest absolute Gasteiger partial charge is 0.348 e. The average molecular weight is 306 g/mol. The van der Waals surface area contributed by atoms with Crippen molar-refractivity contribution in [2.24, 2.45) is 0 Å². The summed E-state index contributed by atoms with van der Waals surface area (Å²) < 4.78 is 12.8. The van der Waals surface area contributed by atoms with Crippen molar-refractivity contribution in [2.45, 2.75) is 6.54 Å². The van der Waals surface area contributed by atoms with Crippen LogP contribution in [0, 0.1) is 5.82 Å². The van der Waals surface area contributed by atoms with Crippen LogP contribution in [-0.2, 0) is 6.54 Å². The molecule has 1 N–H and O–H groups in total. The summed E-state index contributed by atoms with van der Waals surface area (Å²) in [6.45, 7) is 0.365. The number of carbonyl (C=O) groups excluding carboxylic acids is 1. The van der Waals surface area contributed by atoms with E-state index in [4.69, 9.17) is 0 Å². The fourth-order valence-electron chi connectivity index (χ4n) is 2.23. The molecule has 0 saturated carbocycles. The molecule has 0 unspecified atom stereocenters. The number of rotatable bonds is 4. The summed E-state index contributed by atoms with van der Waals surface area (Å²) in [5, 5.41) is 2.82. The van der Waals surface area contributed by atoms with Gasteiger partial charge in [-0.2, -0.15) is 0 Å². The first-order valence-electron chi connectivity index (χ1n) is 7.25. The topological polar surface area (TPSA) is 42.0 Å². The molecule has 0 aliphatic heterocycles. The minimum atomic E-state index is -0.286. The lowest BCUT2D eigenvalue weighted by Crippen LogP contribution is -2.22. The van der Waals surface area contributed by atoms with Crippen LogP contribution in [0.5, 0.6) is 0 Å². The Bertz CT molecular complexity index is 784. The molecule has 3 aromatic rings. The summed E-state index contributed by atoms with van der Waals surface area (Å²) in [5.74, 6) is -0.446. The first kappa shape index (κ1) is 14.9. The van der Waals surface area contributed by atoms with Crippen LogP contribution >= 0.6 is 0 Å². The van der Waals surface area contributed by atoms with Crippen LogP contribution in [0.3, 0.4) is 0 Å². The number of nitrogens with one attached hydrogen (secondary N) is 1. The van der Waals surface area contributed by atoms with Crippen molar-refractivity contribution < 1.29 is 9.18 Å². The molecule has 0 bridgehead atoms. The van der Waals surface area contributed by atoms with Gasteiger partial charge in [0, 0.05) is 24.5 Å².